The summed E-state index contributed by atoms with van der Waals surface area (Å²) in [6.07, 6.45) is 3.67. The molecule has 180 valence electrons. The summed E-state index contributed by atoms with van der Waals surface area (Å²) in [5.74, 6) is 0.0910. The third-order valence-electron chi connectivity index (χ3n) is 4.52. The van der Waals surface area contributed by atoms with Gasteiger partial charge < -0.3 is 15.2 Å². The van der Waals surface area contributed by atoms with Crippen molar-refractivity contribution in [3.63, 3.8) is 0 Å². The van der Waals surface area contributed by atoms with Crippen LogP contribution in [0, 0.1) is 0 Å². The topological polar surface area (TPSA) is 98.6 Å². The van der Waals surface area contributed by atoms with Gasteiger partial charge in [0, 0.05) is 40.4 Å². The Labute approximate surface area is 207 Å². The van der Waals surface area contributed by atoms with Crippen molar-refractivity contribution in [3.8, 4) is 0 Å². The van der Waals surface area contributed by atoms with Crippen LogP contribution in [0.2, 0.25) is 0 Å². The number of imide groups is 1. The fourth-order valence-electron chi connectivity index (χ4n) is 3.12. The van der Waals surface area contributed by atoms with Crippen molar-refractivity contribution >= 4 is 50.4 Å². The lowest BCUT2D eigenvalue weighted by molar-refractivity contribution is -0.688. The van der Waals surface area contributed by atoms with Crippen molar-refractivity contribution < 1.29 is 23.6 Å². The number of fused-ring (bicyclic) bond motifs is 1. The lowest BCUT2D eigenvalue weighted by Crippen LogP contribution is -2.44. The summed E-state index contributed by atoms with van der Waals surface area (Å²) in [6.45, 7) is 11.0. The molecule has 0 unspecified atom stereocenters. The van der Waals surface area contributed by atoms with E-state index in [1.807, 2.05) is 47.3 Å². The molecule has 0 aliphatic rings. The molecule has 8 nitrogen and oxygen atoms in total. The van der Waals surface area contributed by atoms with Gasteiger partial charge >= 0.3 is 12.2 Å². The number of nitrogens with zero attached hydrogens (tertiary/aromatic N) is 3. The zero-order chi connectivity index (χ0) is 25.3. The molecule has 0 radical (unpaired) electrons. The van der Waals surface area contributed by atoms with Crippen LogP contribution in [-0.2, 0) is 16.0 Å². The number of anilines is 2. The van der Waals surface area contributed by atoms with Crippen LogP contribution < -0.4 is 15.2 Å². The SMILES string of the molecule is CC(C)(C)OC(=O)N(C(=O)OC(C)(C)C)c1ncc2ccc(C[n+]3ccc(N)cc3)cc2c1Br. The number of carbonyl (C=O) groups excluding carboxylic acids is 2. The summed E-state index contributed by atoms with van der Waals surface area (Å²) in [4.78, 5) is 31.3. The summed E-state index contributed by atoms with van der Waals surface area (Å²) < 4.78 is 13.4. The van der Waals surface area contributed by atoms with Crippen molar-refractivity contribution in [2.45, 2.75) is 59.3 Å². The monoisotopic (exact) mass is 529 g/mol. The number of ether oxygens (including phenoxy) is 2. The van der Waals surface area contributed by atoms with E-state index in [9.17, 15) is 9.59 Å². The van der Waals surface area contributed by atoms with Gasteiger partial charge in [-0.25, -0.2) is 19.1 Å². The number of amides is 2. The van der Waals surface area contributed by atoms with Crippen LogP contribution in [0.4, 0.5) is 21.1 Å². The summed E-state index contributed by atoms with van der Waals surface area (Å²) in [5.41, 5.74) is 5.85. The van der Waals surface area contributed by atoms with E-state index in [0.717, 1.165) is 21.2 Å². The molecule has 0 atom stereocenters. The average molecular weight is 530 g/mol. The second-order valence-electron chi connectivity index (χ2n) is 9.92. The molecule has 2 heterocycles. The molecule has 2 aromatic heterocycles. The highest BCUT2D eigenvalue weighted by Gasteiger charge is 2.35. The molecule has 34 heavy (non-hydrogen) atoms. The molecule has 0 bridgehead atoms. The molecule has 9 heteroatoms. The van der Waals surface area contributed by atoms with E-state index >= 15 is 0 Å². The maximum absolute atomic E-state index is 13.0. The van der Waals surface area contributed by atoms with Crippen LogP contribution in [-0.4, -0.2) is 28.4 Å². The molecule has 0 aliphatic heterocycles. The Kier molecular flexibility index (Phi) is 7.16. The Morgan fingerprint density at radius 3 is 2.09 bits per heavy atom. The molecule has 2 amide bonds. The van der Waals surface area contributed by atoms with Gasteiger partial charge in [0.25, 0.3) is 0 Å². The van der Waals surface area contributed by atoms with Crippen LogP contribution in [0.25, 0.3) is 10.8 Å². The predicted octanol–water partition coefficient (Wildman–Crippen LogP) is 5.59. The minimum atomic E-state index is -0.872. The van der Waals surface area contributed by atoms with Crippen LogP contribution >= 0.6 is 15.9 Å². The largest absolute Gasteiger partial charge is 0.443 e. The maximum atomic E-state index is 13.0. The van der Waals surface area contributed by atoms with Crippen LogP contribution in [0.15, 0.2) is 53.4 Å². The van der Waals surface area contributed by atoms with E-state index in [0.29, 0.717) is 16.7 Å². The summed E-state index contributed by atoms with van der Waals surface area (Å²) >= 11 is 3.56. The van der Waals surface area contributed by atoms with E-state index in [1.165, 1.54) is 0 Å². The van der Waals surface area contributed by atoms with Gasteiger partial charge in [0.15, 0.2) is 24.8 Å². The number of nitrogen functional groups attached to an aromatic ring is 1. The first-order chi connectivity index (χ1) is 15.7. The van der Waals surface area contributed by atoms with Crippen LogP contribution in [0.3, 0.4) is 0 Å². The normalized spacial score (nSPS) is 11.9. The predicted molar refractivity (Wildman–Crippen MR) is 135 cm³/mol. The van der Waals surface area contributed by atoms with Crippen LogP contribution in [0.1, 0.15) is 47.1 Å². The molecular weight excluding hydrogens is 500 g/mol. The molecule has 2 N–H and O–H groups in total. The fraction of sp³-hybridized carbons (Fsp3) is 0.360. The van der Waals surface area contributed by atoms with Crippen LogP contribution in [0.5, 0.6) is 0 Å². The zero-order valence-corrected chi connectivity index (χ0v) is 21.8. The van der Waals surface area contributed by atoms with Crippen molar-refractivity contribution in [2.24, 2.45) is 0 Å². The van der Waals surface area contributed by atoms with Gasteiger partial charge in [-0.1, -0.05) is 12.1 Å². The highest BCUT2D eigenvalue weighted by molar-refractivity contribution is 9.10. The Hall–Kier alpha value is -3.20. The van der Waals surface area contributed by atoms with Gasteiger partial charge in [0.1, 0.15) is 11.2 Å². The van der Waals surface area contributed by atoms with Gasteiger partial charge in [-0.15, -0.1) is 0 Å². The zero-order valence-electron chi connectivity index (χ0n) is 20.3. The Bertz CT molecular complexity index is 1190. The molecule has 1 aromatic carbocycles. The lowest BCUT2D eigenvalue weighted by atomic mass is 10.1. The van der Waals surface area contributed by atoms with E-state index in [1.54, 1.807) is 47.7 Å². The number of aromatic nitrogens is 2. The highest BCUT2D eigenvalue weighted by Crippen LogP contribution is 2.34. The Morgan fingerprint density at radius 1 is 1.00 bits per heavy atom. The number of carbonyl (C=O) groups is 2. The third kappa shape index (κ3) is 6.44. The molecule has 0 spiro atoms. The van der Waals surface area contributed by atoms with E-state index in [2.05, 4.69) is 20.9 Å². The summed E-state index contributed by atoms with van der Waals surface area (Å²) in [7, 11) is 0. The van der Waals surface area contributed by atoms with Crippen molar-refractivity contribution in [2.75, 3.05) is 10.6 Å². The molecular formula is C25H30BrN4O4+. The number of hydrogen-bond donors (Lipinski definition) is 1. The minimum absolute atomic E-state index is 0.0910. The molecule has 3 aromatic rings. The number of halogens is 1. The maximum Gasteiger partial charge on any atom is 0.425 e. The first kappa shape index (κ1) is 25.4. The number of nitrogens with two attached hydrogens (primary N) is 1. The molecule has 0 aliphatic carbocycles. The third-order valence-corrected chi connectivity index (χ3v) is 5.30. The molecule has 0 saturated heterocycles. The number of hydrogen-bond acceptors (Lipinski definition) is 6. The average Bonchev–Trinajstić information content (AvgIpc) is 2.69. The number of pyridine rings is 2. The fourth-order valence-corrected chi connectivity index (χ4v) is 3.74. The van der Waals surface area contributed by atoms with Gasteiger partial charge in [-0.05, 0) is 63.5 Å². The number of benzene rings is 1. The van der Waals surface area contributed by atoms with Crippen molar-refractivity contribution in [1.29, 1.82) is 0 Å². The molecule has 0 saturated carbocycles. The Balaban J connectivity index is 2.05. The van der Waals surface area contributed by atoms with Gasteiger partial charge in [0.2, 0.25) is 0 Å². The van der Waals surface area contributed by atoms with E-state index < -0.39 is 23.4 Å². The smallest absolute Gasteiger partial charge is 0.425 e. The van der Waals surface area contributed by atoms with Gasteiger partial charge in [-0.2, -0.15) is 4.90 Å². The van der Waals surface area contributed by atoms with E-state index in [-0.39, 0.29) is 5.82 Å². The number of rotatable bonds is 3. The first-order valence-electron chi connectivity index (χ1n) is 10.8. The first-order valence-corrected chi connectivity index (χ1v) is 11.6. The van der Waals surface area contributed by atoms with Gasteiger partial charge in [-0.3, -0.25) is 0 Å². The van der Waals surface area contributed by atoms with Gasteiger partial charge in [0.05, 0.1) is 4.47 Å². The van der Waals surface area contributed by atoms with E-state index in [4.69, 9.17) is 15.2 Å². The van der Waals surface area contributed by atoms with Crippen molar-refractivity contribution in [1.82, 2.24) is 4.98 Å². The highest BCUT2D eigenvalue weighted by atomic mass is 79.9. The second-order valence-corrected chi connectivity index (χ2v) is 10.7. The Morgan fingerprint density at radius 2 is 1.56 bits per heavy atom. The van der Waals surface area contributed by atoms with Crippen molar-refractivity contribution in [3.05, 3.63) is 59.0 Å². The second kappa shape index (κ2) is 9.58. The standard InChI is InChI=1S/C25H29BrN4O4/c1-24(2,3)33-22(31)30(23(32)34-25(4,5)6)21-20(26)19-13-16(7-8-17(19)14-28-21)15-29-11-9-18(27)10-12-29/h7-14,27H,15H2,1-6H3/p+1. The molecule has 3 rings (SSSR count). The minimum Gasteiger partial charge on any atom is -0.443 e. The molecule has 0 fully saturated rings. The quantitative estimate of drug-likeness (QED) is 0.443. The summed E-state index contributed by atoms with van der Waals surface area (Å²) in [6, 6.07) is 9.59. The lowest BCUT2D eigenvalue weighted by Gasteiger charge is -2.28. The summed E-state index contributed by atoms with van der Waals surface area (Å²) in [5, 5.41) is 1.63.